The first-order chi connectivity index (χ1) is 13.0. The molecule has 1 unspecified atom stereocenters. The minimum Gasteiger partial charge on any atom is -0.368 e. The Morgan fingerprint density at radius 2 is 1.81 bits per heavy atom. The van der Waals surface area contributed by atoms with Crippen LogP contribution < -0.4 is 11.1 Å². The molecule has 3 rings (SSSR count). The number of rotatable bonds is 7. The molecule has 1 saturated carbocycles. The zero-order valence-electron chi connectivity index (χ0n) is 16.2. The van der Waals surface area contributed by atoms with Gasteiger partial charge in [0.25, 0.3) is 0 Å². The van der Waals surface area contributed by atoms with E-state index in [1.165, 1.54) is 43.2 Å². The van der Waals surface area contributed by atoms with Crippen LogP contribution in [0.2, 0.25) is 0 Å². The number of amides is 2. The monoisotopic (exact) mass is 369 g/mol. The molecule has 2 aliphatic rings. The Labute approximate surface area is 162 Å². The molecule has 0 bridgehead atoms. The van der Waals surface area contributed by atoms with Gasteiger partial charge in [0, 0.05) is 25.2 Å². The first-order valence-electron chi connectivity index (χ1n) is 10.1. The smallest absolute Gasteiger partial charge is 0.246 e. The van der Waals surface area contributed by atoms with Crippen LogP contribution in [-0.2, 0) is 22.7 Å². The SMILES string of the molecule is C[C@H](NC(C=CC(=O)N1Cc2ccccc2C1)CC1CCCCC1)C(N)=O. The molecule has 2 amide bonds. The lowest BCUT2D eigenvalue weighted by atomic mass is 9.84. The van der Waals surface area contributed by atoms with Crippen molar-refractivity contribution in [2.24, 2.45) is 11.7 Å². The summed E-state index contributed by atoms with van der Waals surface area (Å²) in [5, 5.41) is 3.29. The van der Waals surface area contributed by atoms with Gasteiger partial charge in [-0.25, -0.2) is 0 Å². The third-order valence-corrected chi connectivity index (χ3v) is 5.83. The normalized spacial score (nSPS) is 19.8. The fraction of sp³-hybridized carbons (Fsp3) is 0.545. The summed E-state index contributed by atoms with van der Waals surface area (Å²) in [4.78, 5) is 26.0. The van der Waals surface area contributed by atoms with E-state index in [-0.39, 0.29) is 17.9 Å². The summed E-state index contributed by atoms with van der Waals surface area (Å²) in [6.07, 6.45) is 10.9. The van der Waals surface area contributed by atoms with Gasteiger partial charge in [-0.1, -0.05) is 62.4 Å². The van der Waals surface area contributed by atoms with Crippen molar-refractivity contribution in [3.05, 3.63) is 47.5 Å². The molecule has 1 fully saturated rings. The number of hydrogen-bond donors (Lipinski definition) is 2. The van der Waals surface area contributed by atoms with Gasteiger partial charge in [0.2, 0.25) is 11.8 Å². The van der Waals surface area contributed by atoms with Gasteiger partial charge < -0.3 is 10.6 Å². The van der Waals surface area contributed by atoms with Crippen molar-refractivity contribution in [1.29, 1.82) is 0 Å². The standard InChI is InChI=1S/C22H31N3O2/c1-16(22(23)27)24-20(13-17-7-3-2-4-8-17)11-12-21(26)25-14-18-9-5-6-10-19(18)15-25/h5-6,9-12,16-17,20,24H,2-4,7-8,13-15H2,1H3,(H2,23,27)/t16-,20?/m0/s1. The third kappa shape index (κ3) is 5.42. The van der Waals surface area contributed by atoms with E-state index in [1.807, 2.05) is 23.1 Å². The van der Waals surface area contributed by atoms with Crippen molar-refractivity contribution in [3.8, 4) is 0 Å². The first kappa shape index (κ1) is 19.6. The number of nitrogens with zero attached hydrogens (tertiary/aromatic N) is 1. The molecule has 5 heteroatoms. The molecule has 5 nitrogen and oxygen atoms in total. The Hall–Kier alpha value is -2.14. The average molecular weight is 370 g/mol. The lowest BCUT2D eigenvalue weighted by Gasteiger charge is -2.27. The highest BCUT2D eigenvalue weighted by molar-refractivity contribution is 5.88. The van der Waals surface area contributed by atoms with Gasteiger partial charge >= 0.3 is 0 Å². The number of fused-ring (bicyclic) bond motifs is 1. The molecule has 1 aliphatic carbocycles. The largest absolute Gasteiger partial charge is 0.368 e. The van der Waals surface area contributed by atoms with Crippen LogP contribution in [0.1, 0.15) is 56.6 Å². The Balaban J connectivity index is 1.61. The summed E-state index contributed by atoms with van der Waals surface area (Å²) >= 11 is 0. The second-order valence-corrected chi connectivity index (χ2v) is 7.96. The molecule has 0 spiro atoms. The van der Waals surface area contributed by atoms with Crippen molar-refractivity contribution < 1.29 is 9.59 Å². The molecular weight excluding hydrogens is 338 g/mol. The highest BCUT2D eigenvalue weighted by Crippen LogP contribution is 2.28. The molecule has 2 atom stereocenters. The predicted octanol–water partition coefficient (Wildman–Crippen LogP) is 2.89. The summed E-state index contributed by atoms with van der Waals surface area (Å²) in [5.41, 5.74) is 7.86. The van der Waals surface area contributed by atoms with E-state index in [1.54, 1.807) is 13.0 Å². The van der Waals surface area contributed by atoms with Gasteiger partial charge in [-0.2, -0.15) is 0 Å². The number of carbonyl (C=O) groups is 2. The topological polar surface area (TPSA) is 75.4 Å². The Morgan fingerprint density at radius 1 is 1.19 bits per heavy atom. The van der Waals surface area contributed by atoms with E-state index >= 15 is 0 Å². The van der Waals surface area contributed by atoms with E-state index in [9.17, 15) is 9.59 Å². The number of carbonyl (C=O) groups excluding carboxylic acids is 2. The number of nitrogens with one attached hydrogen (secondary N) is 1. The molecule has 0 saturated heterocycles. The summed E-state index contributed by atoms with van der Waals surface area (Å²) in [5.74, 6) is 0.304. The molecule has 1 aliphatic heterocycles. The first-order valence-corrected chi connectivity index (χ1v) is 10.1. The van der Waals surface area contributed by atoms with Gasteiger partial charge in [-0.05, 0) is 30.4 Å². The maximum atomic E-state index is 12.6. The molecule has 1 aromatic rings. The molecule has 3 N–H and O–H groups in total. The van der Waals surface area contributed by atoms with Gasteiger partial charge in [-0.3, -0.25) is 14.9 Å². The molecule has 27 heavy (non-hydrogen) atoms. The van der Waals surface area contributed by atoms with Crippen molar-refractivity contribution >= 4 is 11.8 Å². The molecule has 0 radical (unpaired) electrons. The van der Waals surface area contributed by atoms with Crippen molar-refractivity contribution in [3.63, 3.8) is 0 Å². The third-order valence-electron chi connectivity index (χ3n) is 5.83. The van der Waals surface area contributed by atoms with Crippen molar-refractivity contribution in [1.82, 2.24) is 10.2 Å². The minimum atomic E-state index is -0.408. The fourth-order valence-corrected chi connectivity index (χ4v) is 4.18. The van der Waals surface area contributed by atoms with E-state index in [4.69, 9.17) is 5.73 Å². The zero-order chi connectivity index (χ0) is 19.2. The highest BCUT2D eigenvalue weighted by atomic mass is 16.2. The van der Waals surface area contributed by atoms with Crippen molar-refractivity contribution in [2.45, 2.75) is 70.6 Å². The van der Waals surface area contributed by atoms with E-state index in [2.05, 4.69) is 17.4 Å². The molecular formula is C22H31N3O2. The van der Waals surface area contributed by atoms with Crippen LogP contribution in [-0.4, -0.2) is 28.8 Å². The Kier molecular flexibility index (Phi) is 6.67. The Morgan fingerprint density at radius 3 is 2.41 bits per heavy atom. The van der Waals surface area contributed by atoms with Crippen LogP contribution in [0.4, 0.5) is 0 Å². The molecule has 146 valence electrons. The van der Waals surface area contributed by atoms with Gasteiger partial charge in [-0.15, -0.1) is 0 Å². The van der Waals surface area contributed by atoms with Crippen LogP contribution in [0.3, 0.4) is 0 Å². The molecule has 1 heterocycles. The van der Waals surface area contributed by atoms with Crippen LogP contribution in [0, 0.1) is 5.92 Å². The zero-order valence-corrected chi connectivity index (χ0v) is 16.2. The van der Waals surface area contributed by atoms with Crippen LogP contribution in [0.15, 0.2) is 36.4 Å². The van der Waals surface area contributed by atoms with Crippen LogP contribution >= 0.6 is 0 Å². The van der Waals surface area contributed by atoms with Crippen LogP contribution in [0.5, 0.6) is 0 Å². The minimum absolute atomic E-state index is 0.00970. The lowest BCUT2D eigenvalue weighted by Crippen LogP contribution is -2.44. The summed E-state index contributed by atoms with van der Waals surface area (Å²) in [7, 11) is 0. The molecule has 1 aromatic carbocycles. The maximum Gasteiger partial charge on any atom is 0.246 e. The molecule has 0 aromatic heterocycles. The quantitative estimate of drug-likeness (QED) is 0.726. The van der Waals surface area contributed by atoms with Gasteiger partial charge in [0.05, 0.1) is 6.04 Å². The summed E-state index contributed by atoms with van der Waals surface area (Å²) in [6.45, 7) is 3.11. The van der Waals surface area contributed by atoms with Crippen LogP contribution in [0.25, 0.3) is 0 Å². The van der Waals surface area contributed by atoms with E-state index < -0.39 is 6.04 Å². The van der Waals surface area contributed by atoms with Gasteiger partial charge in [0.1, 0.15) is 0 Å². The van der Waals surface area contributed by atoms with Crippen molar-refractivity contribution in [2.75, 3.05) is 0 Å². The second kappa shape index (κ2) is 9.18. The number of primary amides is 1. The fourth-order valence-electron chi connectivity index (χ4n) is 4.18. The summed E-state index contributed by atoms with van der Waals surface area (Å²) in [6, 6.07) is 7.76. The Bertz CT molecular complexity index is 670. The lowest BCUT2D eigenvalue weighted by molar-refractivity contribution is -0.126. The maximum absolute atomic E-state index is 12.6. The van der Waals surface area contributed by atoms with Gasteiger partial charge in [0.15, 0.2) is 0 Å². The average Bonchev–Trinajstić information content (AvgIpc) is 3.11. The summed E-state index contributed by atoms with van der Waals surface area (Å²) < 4.78 is 0. The number of hydrogen-bond acceptors (Lipinski definition) is 3. The van der Waals surface area contributed by atoms with E-state index in [0.717, 1.165) is 6.42 Å². The number of nitrogens with two attached hydrogens (primary N) is 1. The second-order valence-electron chi connectivity index (χ2n) is 7.96. The highest BCUT2D eigenvalue weighted by Gasteiger charge is 2.23. The predicted molar refractivity (Wildman–Crippen MR) is 107 cm³/mol. The van der Waals surface area contributed by atoms with E-state index in [0.29, 0.717) is 19.0 Å². The number of benzene rings is 1.